The molecule has 10 heteroatoms. The van der Waals surface area contributed by atoms with E-state index >= 15 is 0 Å². The highest BCUT2D eigenvalue weighted by Gasteiger charge is 2.32. The van der Waals surface area contributed by atoms with Gasteiger partial charge >= 0.3 is 5.97 Å². The molecule has 2 N–H and O–H groups in total. The van der Waals surface area contributed by atoms with Crippen LogP contribution in [-0.4, -0.2) is 48.6 Å². The molecule has 1 heterocycles. The van der Waals surface area contributed by atoms with Gasteiger partial charge in [0.05, 0.1) is 30.8 Å². The number of esters is 1. The summed E-state index contributed by atoms with van der Waals surface area (Å²) in [6.45, 7) is 6.11. The largest absolute Gasteiger partial charge is 0.462 e. The Morgan fingerprint density at radius 3 is 2.33 bits per heavy atom. The molecule has 0 spiro atoms. The summed E-state index contributed by atoms with van der Waals surface area (Å²) in [5, 5.41) is 6.69. The van der Waals surface area contributed by atoms with Gasteiger partial charge in [0.25, 0.3) is 5.91 Å². The summed E-state index contributed by atoms with van der Waals surface area (Å²) in [4.78, 5) is 55.8. The summed E-state index contributed by atoms with van der Waals surface area (Å²) < 4.78 is 10.7. The second kappa shape index (κ2) is 17.5. The molecule has 0 aliphatic heterocycles. The average molecular weight is 592 g/mol. The summed E-state index contributed by atoms with van der Waals surface area (Å²) in [7, 11) is 0. The zero-order valence-electron chi connectivity index (χ0n) is 25.0. The summed E-state index contributed by atoms with van der Waals surface area (Å²) in [5.74, 6) is -1.18. The number of hydrogen-bond donors (Lipinski definition) is 2. The van der Waals surface area contributed by atoms with Crippen molar-refractivity contribution in [1.82, 2.24) is 15.7 Å². The predicted molar refractivity (Wildman–Crippen MR) is 161 cm³/mol. The summed E-state index contributed by atoms with van der Waals surface area (Å²) in [5.41, 5.74) is 2.02. The number of benzene rings is 2. The molecular weight excluding hydrogens is 550 g/mol. The fraction of sp³-hybridized carbons (Fsp3) is 0.394. The van der Waals surface area contributed by atoms with Gasteiger partial charge in [-0.2, -0.15) is 0 Å². The zero-order valence-corrected chi connectivity index (χ0v) is 25.0. The molecule has 0 unspecified atom stereocenters. The smallest absolute Gasteiger partial charge is 0.338 e. The van der Waals surface area contributed by atoms with Crippen molar-refractivity contribution in [3.8, 4) is 11.3 Å². The van der Waals surface area contributed by atoms with Crippen molar-refractivity contribution in [2.45, 2.75) is 65.5 Å². The maximum atomic E-state index is 13.3. The lowest BCUT2D eigenvalue weighted by Gasteiger charge is -2.32. The van der Waals surface area contributed by atoms with E-state index in [1.807, 2.05) is 37.3 Å². The minimum absolute atomic E-state index is 0.0751. The topological polar surface area (TPSA) is 127 Å². The first-order valence-electron chi connectivity index (χ1n) is 14.7. The Morgan fingerprint density at radius 1 is 0.930 bits per heavy atom. The quantitative estimate of drug-likeness (QED) is 0.0658. The van der Waals surface area contributed by atoms with Gasteiger partial charge in [-0.3, -0.25) is 19.2 Å². The van der Waals surface area contributed by atoms with Crippen molar-refractivity contribution in [2.75, 3.05) is 13.3 Å². The minimum atomic E-state index is -0.526. The Bertz CT molecular complexity index is 1310. The van der Waals surface area contributed by atoms with Crippen LogP contribution >= 0.6 is 0 Å². The molecule has 3 rings (SSSR count). The second-order valence-electron chi connectivity index (χ2n) is 9.99. The first-order chi connectivity index (χ1) is 20.9. The Kier molecular flexibility index (Phi) is 13.5. The zero-order chi connectivity index (χ0) is 31.0. The molecule has 0 saturated heterocycles. The number of hydroxylamine groups is 2. The normalized spacial score (nSPS) is 12.2. The van der Waals surface area contributed by atoms with E-state index in [0.29, 0.717) is 36.1 Å². The van der Waals surface area contributed by atoms with Crippen molar-refractivity contribution < 1.29 is 33.2 Å². The monoisotopic (exact) mass is 591 g/mol. The Labute approximate surface area is 252 Å². The van der Waals surface area contributed by atoms with Crippen molar-refractivity contribution in [2.24, 2.45) is 5.92 Å². The maximum absolute atomic E-state index is 13.3. The lowest BCUT2D eigenvalue weighted by atomic mass is 9.90. The molecule has 2 atom stereocenters. The SMILES string of the molecule is CCCCC[C@@H](C(=O)NCNC(=O)c1ccc(-c2ccc(C(=O)OCC)cc2)o1)[C@@H](CC)N(C=O)OCc1ccccc1. The molecule has 0 bridgehead atoms. The van der Waals surface area contributed by atoms with Crippen LogP contribution in [0.15, 0.2) is 71.1 Å². The molecule has 0 aliphatic carbocycles. The van der Waals surface area contributed by atoms with E-state index in [-0.39, 0.29) is 31.5 Å². The Morgan fingerprint density at radius 2 is 1.67 bits per heavy atom. The lowest BCUT2D eigenvalue weighted by Crippen LogP contribution is -2.48. The molecule has 43 heavy (non-hydrogen) atoms. The highest BCUT2D eigenvalue weighted by molar-refractivity contribution is 5.92. The van der Waals surface area contributed by atoms with Crippen molar-refractivity contribution in [3.05, 3.63) is 83.6 Å². The number of rotatable bonds is 18. The highest BCUT2D eigenvalue weighted by Crippen LogP contribution is 2.24. The first-order valence-corrected chi connectivity index (χ1v) is 14.7. The Hall–Kier alpha value is -4.44. The van der Waals surface area contributed by atoms with Gasteiger partial charge in [0.2, 0.25) is 12.3 Å². The van der Waals surface area contributed by atoms with Crippen LogP contribution in [0.25, 0.3) is 11.3 Å². The standard InChI is InChI=1S/C33H41N3O7/c1-4-7-9-14-27(28(5-2)36(23-37)42-21-24-12-10-8-11-13-24)31(38)34-22-35-32(39)30-20-19-29(43-30)25-15-17-26(18-16-25)33(40)41-6-3/h8,10-13,15-20,23,27-28H,4-7,9,14,21-22H2,1-3H3,(H,34,38)(H,35,39)/t27-,28-/m1/s1. The third-order valence-electron chi connectivity index (χ3n) is 7.01. The van der Waals surface area contributed by atoms with Crippen LogP contribution in [0, 0.1) is 5.92 Å². The highest BCUT2D eigenvalue weighted by atomic mass is 16.7. The molecular formula is C33H41N3O7. The first kappa shape index (κ1) is 33.1. The minimum Gasteiger partial charge on any atom is -0.462 e. The van der Waals surface area contributed by atoms with Crippen LogP contribution in [0.4, 0.5) is 0 Å². The van der Waals surface area contributed by atoms with E-state index in [1.165, 1.54) is 5.06 Å². The second-order valence-corrected chi connectivity index (χ2v) is 9.99. The van der Waals surface area contributed by atoms with Crippen molar-refractivity contribution in [1.29, 1.82) is 0 Å². The number of nitrogens with zero attached hydrogens (tertiary/aromatic N) is 1. The molecule has 0 fully saturated rings. The summed E-state index contributed by atoms with van der Waals surface area (Å²) in [6, 6.07) is 18.9. The van der Waals surface area contributed by atoms with E-state index in [4.69, 9.17) is 14.0 Å². The van der Waals surface area contributed by atoms with E-state index in [2.05, 4.69) is 17.6 Å². The molecule has 230 valence electrons. The number of unbranched alkanes of at least 4 members (excludes halogenated alkanes) is 2. The van der Waals surface area contributed by atoms with Crippen LogP contribution in [0.2, 0.25) is 0 Å². The van der Waals surface area contributed by atoms with Crippen LogP contribution in [-0.2, 0) is 25.8 Å². The number of ether oxygens (including phenoxy) is 1. The molecule has 3 aromatic rings. The van der Waals surface area contributed by atoms with E-state index in [1.54, 1.807) is 43.3 Å². The lowest BCUT2D eigenvalue weighted by molar-refractivity contribution is -0.200. The number of carbonyl (C=O) groups excluding carboxylic acids is 4. The van der Waals surface area contributed by atoms with Gasteiger partial charge in [0.1, 0.15) is 12.4 Å². The van der Waals surface area contributed by atoms with E-state index in [9.17, 15) is 19.2 Å². The third-order valence-corrected chi connectivity index (χ3v) is 7.01. The van der Waals surface area contributed by atoms with Crippen LogP contribution < -0.4 is 10.6 Å². The van der Waals surface area contributed by atoms with Gasteiger partial charge < -0.3 is 19.8 Å². The van der Waals surface area contributed by atoms with Crippen molar-refractivity contribution >= 4 is 24.2 Å². The van der Waals surface area contributed by atoms with Gasteiger partial charge in [0.15, 0.2) is 5.76 Å². The maximum Gasteiger partial charge on any atom is 0.338 e. The third kappa shape index (κ3) is 9.82. The summed E-state index contributed by atoms with van der Waals surface area (Å²) >= 11 is 0. The number of amides is 3. The van der Waals surface area contributed by atoms with Gasteiger partial charge in [-0.15, -0.1) is 0 Å². The van der Waals surface area contributed by atoms with Gasteiger partial charge in [-0.25, -0.2) is 9.86 Å². The Balaban J connectivity index is 1.59. The number of hydrogen-bond acceptors (Lipinski definition) is 7. The van der Waals surface area contributed by atoms with Gasteiger partial charge in [-0.05, 0) is 49.6 Å². The van der Waals surface area contributed by atoms with Crippen molar-refractivity contribution in [3.63, 3.8) is 0 Å². The molecule has 2 aromatic carbocycles. The summed E-state index contributed by atoms with van der Waals surface area (Å²) in [6.07, 6.45) is 4.47. The fourth-order valence-electron chi connectivity index (χ4n) is 4.71. The van der Waals surface area contributed by atoms with E-state index in [0.717, 1.165) is 24.8 Å². The molecule has 0 radical (unpaired) electrons. The molecule has 10 nitrogen and oxygen atoms in total. The molecule has 0 saturated carbocycles. The number of furan rings is 1. The predicted octanol–water partition coefficient (Wildman–Crippen LogP) is 5.49. The van der Waals surface area contributed by atoms with Gasteiger partial charge in [-0.1, -0.05) is 75.6 Å². The van der Waals surface area contributed by atoms with Gasteiger partial charge in [0, 0.05) is 5.56 Å². The molecule has 0 aliphatic rings. The number of nitrogens with one attached hydrogen (secondary N) is 2. The molecule has 3 amide bonds. The fourth-order valence-corrected chi connectivity index (χ4v) is 4.71. The van der Waals surface area contributed by atoms with Crippen LogP contribution in [0.1, 0.15) is 79.4 Å². The van der Waals surface area contributed by atoms with E-state index < -0.39 is 23.8 Å². The number of carbonyl (C=O) groups is 4. The molecule has 1 aromatic heterocycles. The van der Waals surface area contributed by atoms with Crippen LogP contribution in [0.5, 0.6) is 0 Å². The average Bonchev–Trinajstić information content (AvgIpc) is 3.53. The van der Waals surface area contributed by atoms with Crippen LogP contribution in [0.3, 0.4) is 0 Å².